The molecule has 0 aliphatic carbocycles. The van der Waals surface area contributed by atoms with Gasteiger partial charge in [-0.3, -0.25) is 19.7 Å². The molecule has 0 aromatic heterocycles. The Balaban J connectivity index is 2.65. The lowest BCUT2D eigenvalue weighted by Crippen LogP contribution is -2.38. The molecule has 1 atom stereocenters. The van der Waals surface area contributed by atoms with Crippen molar-refractivity contribution >= 4 is 33.4 Å². The molecule has 0 saturated heterocycles. The molecule has 0 bridgehead atoms. The van der Waals surface area contributed by atoms with Crippen molar-refractivity contribution in [3.8, 4) is 11.8 Å². The van der Waals surface area contributed by atoms with E-state index in [1.807, 2.05) is 6.07 Å². The molecule has 0 N–H and O–H groups in total. The van der Waals surface area contributed by atoms with E-state index in [0.29, 0.717) is 15.8 Å². The van der Waals surface area contributed by atoms with E-state index in [1.165, 1.54) is 19.2 Å². The van der Waals surface area contributed by atoms with Crippen LogP contribution in [-0.4, -0.2) is 30.4 Å². The molecule has 0 amide bonds. The first kappa shape index (κ1) is 24.0. The number of Topliss-reactive ketones (excluding diaryl/α,β-unsaturated/α-hetero) is 1. The number of nitro benzene ring substituents is 1. The average molecular weight is 489 g/mol. The van der Waals surface area contributed by atoms with Gasteiger partial charge in [-0.25, -0.2) is 0 Å². The molecule has 0 radical (unpaired) electrons. The zero-order valence-electron chi connectivity index (χ0n) is 17.5. The highest BCUT2D eigenvalue weighted by Gasteiger charge is 2.43. The average Bonchev–Trinajstić information content (AvgIpc) is 2.73. The molecule has 9 heteroatoms. The number of benzene rings is 2. The highest BCUT2D eigenvalue weighted by molar-refractivity contribution is 9.10. The van der Waals surface area contributed by atoms with Crippen molar-refractivity contribution < 1.29 is 24.0 Å². The lowest BCUT2D eigenvalue weighted by Gasteiger charge is -2.28. The van der Waals surface area contributed by atoms with E-state index < -0.39 is 33.7 Å². The number of nitro groups is 1. The van der Waals surface area contributed by atoms with Gasteiger partial charge in [0.2, 0.25) is 0 Å². The van der Waals surface area contributed by atoms with E-state index in [1.54, 1.807) is 39.0 Å². The van der Waals surface area contributed by atoms with Gasteiger partial charge < -0.3 is 9.47 Å². The van der Waals surface area contributed by atoms with Crippen molar-refractivity contribution in [1.29, 1.82) is 5.26 Å². The fraction of sp³-hybridized carbons (Fsp3) is 0.318. The fourth-order valence-corrected chi connectivity index (χ4v) is 3.72. The number of hydrogen-bond acceptors (Lipinski definition) is 7. The van der Waals surface area contributed by atoms with Crippen LogP contribution in [-0.2, 0) is 19.7 Å². The summed E-state index contributed by atoms with van der Waals surface area (Å²) in [6.45, 7) is 4.84. The van der Waals surface area contributed by atoms with Crippen LogP contribution < -0.4 is 4.74 Å². The molecule has 0 aliphatic heterocycles. The number of hydrogen-bond donors (Lipinski definition) is 0. The second-order valence-electron chi connectivity index (χ2n) is 7.17. The van der Waals surface area contributed by atoms with Gasteiger partial charge in [-0.05, 0) is 66.5 Å². The first-order valence-corrected chi connectivity index (χ1v) is 10.1. The molecule has 2 aromatic rings. The molecule has 0 heterocycles. The Morgan fingerprint density at radius 2 is 1.94 bits per heavy atom. The molecule has 0 aliphatic rings. The van der Waals surface area contributed by atoms with Crippen LogP contribution in [0.2, 0.25) is 0 Å². The highest BCUT2D eigenvalue weighted by atomic mass is 79.9. The predicted molar refractivity (Wildman–Crippen MR) is 116 cm³/mol. The van der Waals surface area contributed by atoms with Crippen LogP contribution in [0.4, 0.5) is 5.69 Å². The molecular weight excluding hydrogens is 468 g/mol. The van der Waals surface area contributed by atoms with Crippen LogP contribution in [0.5, 0.6) is 5.75 Å². The van der Waals surface area contributed by atoms with Crippen molar-refractivity contribution in [3.05, 3.63) is 67.7 Å². The van der Waals surface area contributed by atoms with Gasteiger partial charge in [0.15, 0.2) is 5.78 Å². The van der Waals surface area contributed by atoms with Crippen molar-refractivity contribution in [2.24, 2.45) is 0 Å². The van der Waals surface area contributed by atoms with E-state index in [2.05, 4.69) is 15.9 Å². The van der Waals surface area contributed by atoms with Gasteiger partial charge in [0.05, 0.1) is 40.3 Å². The van der Waals surface area contributed by atoms with Gasteiger partial charge in [0, 0.05) is 11.5 Å². The Morgan fingerprint density at radius 1 is 1.26 bits per heavy atom. The summed E-state index contributed by atoms with van der Waals surface area (Å²) in [7, 11) is 1.51. The van der Waals surface area contributed by atoms with Crippen LogP contribution in [0.1, 0.15) is 43.4 Å². The Morgan fingerprint density at radius 3 is 2.45 bits per heavy atom. The smallest absolute Gasteiger partial charge is 0.321 e. The lowest BCUT2D eigenvalue weighted by molar-refractivity contribution is -0.385. The zero-order chi connectivity index (χ0) is 23.3. The molecule has 0 spiro atoms. The SMILES string of the molecule is CCOC(=O)C(C(=O)C(C)(C)c1ccc(OC)c(Br)c1)c1ccc(C#N)cc1[N+](=O)[O-]. The number of ether oxygens (including phenoxy) is 2. The quantitative estimate of drug-likeness (QED) is 0.233. The van der Waals surface area contributed by atoms with E-state index in [0.717, 1.165) is 6.07 Å². The van der Waals surface area contributed by atoms with Crippen LogP contribution in [0.25, 0.3) is 0 Å². The molecule has 31 heavy (non-hydrogen) atoms. The number of nitriles is 1. The Bertz CT molecular complexity index is 1070. The first-order valence-electron chi connectivity index (χ1n) is 9.31. The van der Waals surface area contributed by atoms with Crippen LogP contribution in [0.15, 0.2) is 40.9 Å². The lowest BCUT2D eigenvalue weighted by atomic mass is 9.73. The molecule has 8 nitrogen and oxygen atoms in total. The number of ketones is 1. The summed E-state index contributed by atoms with van der Waals surface area (Å²) >= 11 is 3.38. The Labute approximate surface area is 188 Å². The molecule has 0 fully saturated rings. The summed E-state index contributed by atoms with van der Waals surface area (Å²) in [6.07, 6.45) is 0. The van der Waals surface area contributed by atoms with Crippen LogP contribution >= 0.6 is 15.9 Å². The Hall–Kier alpha value is -3.25. The van der Waals surface area contributed by atoms with Gasteiger partial charge in [-0.2, -0.15) is 5.26 Å². The second-order valence-corrected chi connectivity index (χ2v) is 8.02. The van der Waals surface area contributed by atoms with E-state index in [9.17, 15) is 19.7 Å². The van der Waals surface area contributed by atoms with Gasteiger partial charge in [0.25, 0.3) is 5.69 Å². The van der Waals surface area contributed by atoms with E-state index in [4.69, 9.17) is 14.7 Å². The predicted octanol–water partition coefficient (Wildman–Crippen LogP) is 4.43. The number of halogens is 1. The molecule has 2 aromatic carbocycles. The zero-order valence-corrected chi connectivity index (χ0v) is 19.1. The van der Waals surface area contributed by atoms with Gasteiger partial charge >= 0.3 is 5.97 Å². The number of nitrogens with zero attached hydrogens (tertiary/aromatic N) is 2. The third-order valence-corrected chi connectivity index (χ3v) is 5.56. The van der Waals surface area contributed by atoms with Crippen molar-refractivity contribution in [1.82, 2.24) is 0 Å². The number of esters is 1. The third kappa shape index (κ3) is 4.91. The van der Waals surface area contributed by atoms with E-state index >= 15 is 0 Å². The second kappa shape index (κ2) is 9.71. The molecule has 1 unspecified atom stereocenters. The van der Waals surface area contributed by atoms with Crippen LogP contribution in [0.3, 0.4) is 0 Å². The van der Waals surface area contributed by atoms with Crippen molar-refractivity contribution in [2.75, 3.05) is 13.7 Å². The molecule has 2 rings (SSSR count). The highest BCUT2D eigenvalue weighted by Crippen LogP contribution is 2.38. The first-order chi connectivity index (χ1) is 14.6. The summed E-state index contributed by atoms with van der Waals surface area (Å²) in [5.74, 6) is -2.43. The van der Waals surface area contributed by atoms with Gasteiger partial charge in [-0.15, -0.1) is 0 Å². The molecule has 162 valence electrons. The molecule has 0 saturated carbocycles. The maximum atomic E-state index is 13.6. The summed E-state index contributed by atoms with van der Waals surface area (Å²) in [5, 5.41) is 20.7. The monoisotopic (exact) mass is 488 g/mol. The maximum absolute atomic E-state index is 13.6. The van der Waals surface area contributed by atoms with Gasteiger partial charge in [-0.1, -0.05) is 6.07 Å². The number of rotatable bonds is 8. The summed E-state index contributed by atoms with van der Waals surface area (Å²) in [4.78, 5) is 37.4. The molecular formula is C22H21BrN2O6. The largest absolute Gasteiger partial charge is 0.496 e. The minimum absolute atomic E-state index is 0.00119. The van der Waals surface area contributed by atoms with Crippen LogP contribution in [0, 0.1) is 21.4 Å². The summed E-state index contributed by atoms with van der Waals surface area (Å²) < 4.78 is 10.9. The number of methoxy groups -OCH3 is 1. The van der Waals surface area contributed by atoms with Crippen molar-refractivity contribution in [2.45, 2.75) is 32.1 Å². The Kier molecular flexibility index (Phi) is 7.52. The third-order valence-electron chi connectivity index (χ3n) is 4.94. The summed E-state index contributed by atoms with van der Waals surface area (Å²) in [6, 6.07) is 10.5. The number of carbonyl (C=O) groups excluding carboxylic acids is 2. The topological polar surface area (TPSA) is 120 Å². The fourth-order valence-electron chi connectivity index (χ4n) is 3.17. The summed E-state index contributed by atoms with van der Waals surface area (Å²) in [5.41, 5.74) is -1.18. The minimum atomic E-state index is -1.54. The minimum Gasteiger partial charge on any atom is -0.496 e. The van der Waals surface area contributed by atoms with E-state index in [-0.39, 0.29) is 17.7 Å². The standard InChI is InChI=1S/C22H21BrN2O6/c1-5-31-21(27)19(15-8-6-13(12-24)10-17(15)25(28)29)20(26)22(2,3)14-7-9-18(30-4)16(23)11-14/h6-11,19H,5H2,1-4H3. The van der Waals surface area contributed by atoms with Crippen molar-refractivity contribution in [3.63, 3.8) is 0 Å². The number of carbonyl (C=O) groups is 2. The maximum Gasteiger partial charge on any atom is 0.321 e. The normalized spacial score (nSPS) is 11.9. The van der Waals surface area contributed by atoms with Gasteiger partial charge in [0.1, 0.15) is 11.7 Å².